The van der Waals surface area contributed by atoms with Crippen molar-refractivity contribution in [1.29, 1.82) is 0 Å². The molecular formula is C19H16F3N3O3. The van der Waals surface area contributed by atoms with Gasteiger partial charge in [0.2, 0.25) is 17.6 Å². The third-order valence-electron chi connectivity index (χ3n) is 3.83. The van der Waals surface area contributed by atoms with Crippen molar-refractivity contribution in [3.63, 3.8) is 0 Å². The van der Waals surface area contributed by atoms with Crippen LogP contribution in [0.15, 0.2) is 47.0 Å². The molecule has 1 aromatic heterocycles. The average Bonchev–Trinajstić information content (AvgIpc) is 3.12. The molecule has 1 amide bonds. The first kappa shape index (κ1) is 19.4. The van der Waals surface area contributed by atoms with Crippen LogP contribution in [0.2, 0.25) is 0 Å². The minimum absolute atomic E-state index is 0.00685. The fourth-order valence-electron chi connectivity index (χ4n) is 2.46. The van der Waals surface area contributed by atoms with Gasteiger partial charge in [0.1, 0.15) is 11.6 Å². The van der Waals surface area contributed by atoms with Crippen LogP contribution in [0, 0.1) is 12.7 Å². The number of hydrogen-bond donors (Lipinski definition) is 1. The molecule has 28 heavy (non-hydrogen) atoms. The lowest BCUT2D eigenvalue weighted by molar-refractivity contribution is -0.116. The molecule has 146 valence electrons. The van der Waals surface area contributed by atoms with Gasteiger partial charge in [-0.1, -0.05) is 17.3 Å². The summed E-state index contributed by atoms with van der Waals surface area (Å²) in [6.07, 6.45) is 0.143. The molecule has 0 atom stereocenters. The highest BCUT2D eigenvalue weighted by Gasteiger charge is 2.14. The maximum absolute atomic E-state index is 13.3. The minimum atomic E-state index is -3.00. The first-order valence-electron chi connectivity index (χ1n) is 8.35. The van der Waals surface area contributed by atoms with Crippen LogP contribution < -0.4 is 10.1 Å². The van der Waals surface area contributed by atoms with E-state index in [1.54, 1.807) is 19.1 Å². The second kappa shape index (κ2) is 8.55. The van der Waals surface area contributed by atoms with Crippen molar-refractivity contribution in [1.82, 2.24) is 10.1 Å². The van der Waals surface area contributed by atoms with Gasteiger partial charge in [-0.3, -0.25) is 4.79 Å². The third kappa shape index (κ3) is 4.87. The Bertz CT molecular complexity index is 976. The summed E-state index contributed by atoms with van der Waals surface area (Å²) in [5.41, 5.74) is 1.19. The number of aromatic nitrogens is 2. The van der Waals surface area contributed by atoms with Crippen molar-refractivity contribution in [2.75, 3.05) is 5.32 Å². The minimum Gasteiger partial charge on any atom is -0.433 e. The summed E-state index contributed by atoms with van der Waals surface area (Å²) in [5.74, 6) is -0.376. The van der Waals surface area contributed by atoms with Crippen LogP contribution >= 0.6 is 0 Å². The predicted molar refractivity (Wildman–Crippen MR) is 94.5 cm³/mol. The van der Waals surface area contributed by atoms with Crippen LogP contribution in [0.1, 0.15) is 17.9 Å². The number of ether oxygens (including phenoxy) is 1. The van der Waals surface area contributed by atoms with Gasteiger partial charge in [-0.25, -0.2) is 4.39 Å². The molecule has 2 aromatic carbocycles. The van der Waals surface area contributed by atoms with Gasteiger partial charge in [-0.15, -0.1) is 0 Å². The Morgan fingerprint density at radius 1 is 1.25 bits per heavy atom. The lowest BCUT2D eigenvalue weighted by Crippen LogP contribution is -2.14. The third-order valence-corrected chi connectivity index (χ3v) is 3.83. The van der Waals surface area contributed by atoms with E-state index >= 15 is 0 Å². The number of benzene rings is 2. The van der Waals surface area contributed by atoms with E-state index in [1.165, 1.54) is 30.3 Å². The van der Waals surface area contributed by atoms with Crippen LogP contribution in [0.25, 0.3) is 11.4 Å². The summed E-state index contributed by atoms with van der Waals surface area (Å²) in [4.78, 5) is 16.3. The second-order valence-electron chi connectivity index (χ2n) is 5.90. The fourth-order valence-corrected chi connectivity index (χ4v) is 2.46. The molecule has 0 saturated carbocycles. The SMILES string of the molecule is Cc1cc(-c2noc(CCC(=O)Nc3ccccc3OC(F)F)n2)ccc1F. The van der Waals surface area contributed by atoms with Gasteiger partial charge >= 0.3 is 6.61 Å². The van der Waals surface area contributed by atoms with E-state index in [2.05, 4.69) is 20.2 Å². The average molecular weight is 391 g/mol. The van der Waals surface area contributed by atoms with Crippen molar-refractivity contribution in [2.45, 2.75) is 26.4 Å². The molecule has 0 saturated heterocycles. The van der Waals surface area contributed by atoms with Crippen LogP contribution in [0.4, 0.5) is 18.9 Å². The molecule has 1 heterocycles. The van der Waals surface area contributed by atoms with Gasteiger partial charge in [0.05, 0.1) is 5.69 Å². The molecule has 3 rings (SSSR count). The number of hydrogen-bond acceptors (Lipinski definition) is 5. The molecule has 0 spiro atoms. The summed E-state index contributed by atoms with van der Waals surface area (Å²) in [6, 6.07) is 10.3. The number of para-hydroxylation sites is 2. The molecule has 9 heteroatoms. The van der Waals surface area contributed by atoms with Crippen molar-refractivity contribution in [3.8, 4) is 17.1 Å². The van der Waals surface area contributed by atoms with E-state index in [0.29, 0.717) is 11.1 Å². The Labute approximate surface area is 158 Å². The predicted octanol–water partition coefficient (Wildman–Crippen LogP) is 4.36. The Balaban J connectivity index is 1.60. The quantitative estimate of drug-likeness (QED) is 0.648. The molecule has 6 nitrogen and oxygen atoms in total. The van der Waals surface area contributed by atoms with E-state index < -0.39 is 12.5 Å². The Hall–Kier alpha value is -3.36. The largest absolute Gasteiger partial charge is 0.433 e. The zero-order valence-corrected chi connectivity index (χ0v) is 14.8. The number of carbonyl (C=O) groups is 1. The van der Waals surface area contributed by atoms with Gasteiger partial charge in [0.25, 0.3) is 0 Å². The number of aryl methyl sites for hydroxylation is 2. The number of nitrogens with zero attached hydrogens (tertiary/aromatic N) is 2. The smallest absolute Gasteiger partial charge is 0.387 e. The number of nitrogens with one attached hydrogen (secondary N) is 1. The van der Waals surface area contributed by atoms with Crippen LogP contribution in [0.5, 0.6) is 5.75 Å². The molecule has 0 aliphatic carbocycles. The molecule has 0 aliphatic heterocycles. The van der Waals surface area contributed by atoms with Crippen LogP contribution in [-0.4, -0.2) is 22.7 Å². The molecule has 0 aliphatic rings. The molecule has 0 radical (unpaired) electrons. The maximum atomic E-state index is 13.3. The number of halogens is 3. The fraction of sp³-hybridized carbons (Fsp3) is 0.211. The molecule has 0 bridgehead atoms. The van der Waals surface area contributed by atoms with Gasteiger partial charge in [-0.2, -0.15) is 13.8 Å². The Morgan fingerprint density at radius 3 is 2.79 bits per heavy atom. The van der Waals surface area contributed by atoms with E-state index in [1.807, 2.05) is 0 Å². The molecule has 1 N–H and O–H groups in total. The molecular weight excluding hydrogens is 375 g/mol. The Kier molecular flexibility index (Phi) is 5.93. The van der Waals surface area contributed by atoms with Crippen LogP contribution in [0.3, 0.4) is 0 Å². The standard InChI is InChI=1S/C19H16F3N3O3/c1-11-10-12(6-7-13(11)20)18-24-17(28-25-18)9-8-16(26)23-14-4-2-3-5-15(14)27-19(21)22/h2-7,10,19H,8-9H2,1H3,(H,23,26). The molecule has 3 aromatic rings. The highest BCUT2D eigenvalue weighted by atomic mass is 19.3. The summed E-state index contributed by atoms with van der Waals surface area (Å²) < 4.78 is 47.6. The first-order valence-corrected chi connectivity index (χ1v) is 8.35. The first-order chi connectivity index (χ1) is 13.4. The van der Waals surface area contributed by atoms with E-state index in [4.69, 9.17) is 4.52 Å². The van der Waals surface area contributed by atoms with Crippen molar-refractivity contribution in [2.24, 2.45) is 0 Å². The maximum Gasteiger partial charge on any atom is 0.387 e. The number of alkyl halides is 2. The Morgan fingerprint density at radius 2 is 2.04 bits per heavy atom. The zero-order chi connectivity index (χ0) is 20.1. The van der Waals surface area contributed by atoms with E-state index in [0.717, 1.165) is 0 Å². The topological polar surface area (TPSA) is 77.2 Å². The number of rotatable bonds is 7. The lowest BCUT2D eigenvalue weighted by Gasteiger charge is -2.11. The second-order valence-corrected chi connectivity index (χ2v) is 5.90. The summed E-state index contributed by atoms with van der Waals surface area (Å²) >= 11 is 0. The monoisotopic (exact) mass is 391 g/mol. The van der Waals surface area contributed by atoms with Crippen molar-refractivity contribution < 1.29 is 27.2 Å². The van der Waals surface area contributed by atoms with E-state index in [-0.39, 0.29) is 41.8 Å². The summed E-state index contributed by atoms with van der Waals surface area (Å²) in [6.45, 7) is -1.37. The number of anilines is 1. The number of carbonyl (C=O) groups excluding carboxylic acids is 1. The van der Waals surface area contributed by atoms with Crippen molar-refractivity contribution in [3.05, 3.63) is 59.7 Å². The van der Waals surface area contributed by atoms with Crippen LogP contribution in [-0.2, 0) is 11.2 Å². The highest BCUT2D eigenvalue weighted by Crippen LogP contribution is 2.26. The molecule has 0 fully saturated rings. The summed E-state index contributed by atoms with van der Waals surface area (Å²) in [7, 11) is 0. The molecule has 0 unspecified atom stereocenters. The highest BCUT2D eigenvalue weighted by molar-refractivity contribution is 5.92. The zero-order valence-electron chi connectivity index (χ0n) is 14.8. The van der Waals surface area contributed by atoms with Gasteiger partial charge < -0.3 is 14.6 Å². The van der Waals surface area contributed by atoms with Crippen molar-refractivity contribution >= 4 is 11.6 Å². The normalized spacial score (nSPS) is 10.9. The lowest BCUT2D eigenvalue weighted by atomic mass is 10.1. The summed E-state index contributed by atoms with van der Waals surface area (Å²) in [5, 5.41) is 6.33. The van der Waals surface area contributed by atoms with Gasteiger partial charge in [-0.05, 0) is 42.8 Å². The van der Waals surface area contributed by atoms with Gasteiger partial charge in [0, 0.05) is 18.4 Å². The van der Waals surface area contributed by atoms with Gasteiger partial charge in [0.15, 0.2) is 0 Å². The number of amides is 1. The van der Waals surface area contributed by atoms with E-state index in [9.17, 15) is 18.0 Å².